The second kappa shape index (κ2) is 11.2. The summed E-state index contributed by atoms with van der Waals surface area (Å²) in [5.74, 6) is 0.768. The van der Waals surface area contributed by atoms with E-state index in [0.29, 0.717) is 0 Å². The lowest BCUT2D eigenvalue weighted by atomic mass is 10.0. The molecule has 0 fully saturated rings. The molecule has 4 aromatic carbocycles. The highest BCUT2D eigenvalue weighted by Gasteiger charge is 2.08. The molecule has 0 atom stereocenters. The Balaban J connectivity index is 1.13. The maximum atomic E-state index is 4.53. The van der Waals surface area contributed by atoms with Crippen molar-refractivity contribution >= 4 is 28.0 Å². The number of anilines is 3. The zero-order valence-corrected chi connectivity index (χ0v) is 22.0. The van der Waals surface area contributed by atoms with E-state index in [9.17, 15) is 0 Å². The minimum atomic E-state index is 0.768. The van der Waals surface area contributed by atoms with Crippen LogP contribution in [-0.2, 0) is 6.54 Å². The third kappa shape index (κ3) is 5.68. The highest BCUT2D eigenvalue weighted by molar-refractivity contribution is 5.82. The molecule has 192 valence electrons. The first-order chi connectivity index (χ1) is 19.2. The fourth-order valence-electron chi connectivity index (χ4n) is 4.95. The molecular weight excluding hydrogens is 478 g/mol. The van der Waals surface area contributed by atoms with Gasteiger partial charge in [-0.05, 0) is 59.2 Å². The summed E-state index contributed by atoms with van der Waals surface area (Å²) < 4.78 is 2.28. The lowest BCUT2D eigenvalue weighted by molar-refractivity contribution is 0.670. The number of benzene rings is 4. The van der Waals surface area contributed by atoms with Crippen LogP contribution < -0.4 is 10.2 Å². The van der Waals surface area contributed by atoms with Gasteiger partial charge in [0.25, 0.3) is 0 Å². The minimum Gasteiger partial charge on any atom is -0.370 e. The normalized spacial score (nSPS) is 11.0. The molecule has 0 radical (unpaired) electrons. The fourth-order valence-corrected chi connectivity index (χ4v) is 4.95. The second-order valence-electron chi connectivity index (χ2n) is 9.61. The third-order valence-corrected chi connectivity index (χ3v) is 7.05. The number of likely N-dealkylation sites (N-methyl/N-ethyl adjacent to an activating group) is 1. The highest BCUT2D eigenvalue weighted by Crippen LogP contribution is 2.27. The van der Waals surface area contributed by atoms with Gasteiger partial charge in [0.1, 0.15) is 12.1 Å². The summed E-state index contributed by atoms with van der Waals surface area (Å²) in [4.78, 5) is 11.4. The molecule has 0 spiro atoms. The number of hydrogen-bond donors (Lipinski definition) is 1. The van der Waals surface area contributed by atoms with Crippen molar-refractivity contribution < 1.29 is 0 Å². The molecule has 0 saturated heterocycles. The fraction of sp³-hybridized carbons (Fsp3) is 0.118. The number of nitrogens with zero attached hydrogens (tertiary/aromatic N) is 4. The van der Waals surface area contributed by atoms with Gasteiger partial charge < -0.3 is 14.8 Å². The highest BCUT2D eigenvalue weighted by atomic mass is 15.1. The molecule has 2 heterocycles. The Hall–Kier alpha value is -4.90. The summed E-state index contributed by atoms with van der Waals surface area (Å²) in [7, 11) is 0. The van der Waals surface area contributed by atoms with Crippen LogP contribution in [0, 0.1) is 0 Å². The molecule has 5 heteroatoms. The smallest absolute Gasteiger partial charge is 0.134 e. The first-order valence-corrected chi connectivity index (χ1v) is 13.4. The average Bonchev–Trinajstić information content (AvgIpc) is 3.42. The predicted octanol–water partition coefficient (Wildman–Crippen LogP) is 8.04. The third-order valence-electron chi connectivity index (χ3n) is 7.05. The topological polar surface area (TPSA) is 46.0 Å². The van der Waals surface area contributed by atoms with E-state index in [-0.39, 0.29) is 0 Å². The van der Waals surface area contributed by atoms with Crippen LogP contribution in [0.2, 0.25) is 0 Å². The number of aromatic nitrogens is 3. The van der Waals surface area contributed by atoms with E-state index in [1.54, 1.807) is 6.33 Å². The van der Waals surface area contributed by atoms with Gasteiger partial charge in [-0.15, -0.1) is 0 Å². The molecule has 0 aliphatic heterocycles. The Kier molecular flexibility index (Phi) is 7.04. The predicted molar refractivity (Wildman–Crippen MR) is 162 cm³/mol. The maximum Gasteiger partial charge on any atom is 0.134 e. The van der Waals surface area contributed by atoms with Crippen molar-refractivity contribution in [3.05, 3.63) is 128 Å². The summed E-state index contributed by atoms with van der Waals surface area (Å²) in [5, 5.41) is 6.01. The number of rotatable bonds is 9. The zero-order valence-electron chi connectivity index (χ0n) is 22.0. The van der Waals surface area contributed by atoms with E-state index in [0.717, 1.165) is 42.4 Å². The molecule has 5 nitrogen and oxygen atoms in total. The van der Waals surface area contributed by atoms with Crippen molar-refractivity contribution in [2.24, 2.45) is 0 Å². The number of hydrogen-bond acceptors (Lipinski definition) is 4. The lowest BCUT2D eigenvalue weighted by Gasteiger charge is -2.23. The van der Waals surface area contributed by atoms with Gasteiger partial charge in [0.05, 0.1) is 5.69 Å². The van der Waals surface area contributed by atoms with Crippen LogP contribution in [0.15, 0.2) is 128 Å². The standard InChI is InChI=1S/C34H31N5/c1-2-39(20-19-38-23-29-11-6-7-12-30(29)24-38)32-17-15-31(16-18-32)37-34-22-33(35-25-36-34)28-14-8-13-27(21-28)26-9-4-3-5-10-26/h3-18,21-25H,2,19-20H2,1H3,(H,35,36,37). The number of nitrogens with one attached hydrogen (secondary N) is 1. The summed E-state index contributed by atoms with van der Waals surface area (Å²) in [6, 6.07) is 37.9. The molecular formula is C34H31N5. The molecule has 0 aliphatic rings. The molecule has 39 heavy (non-hydrogen) atoms. The van der Waals surface area contributed by atoms with Gasteiger partial charge >= 0.3 is 0 Å². The molecule has 0 saturated carbocycles. The molecule has 2 aromatic heterocycles. The van der Waals surface area contributed by atoms with Crippen molar-refractivity contribution in [2.75, 3.05) is 23.3 Å². The van der Waals surface area contributed by atoms with Gasteiger partial charge in [0.2, 0.25) is 0 Å². The van der Waals surface area contributed by atoms with Crippen LogP contribution in [0.5, 0.6) is 0 Å². The van der Waals surface area contributed by atoms with Crippen LogP contribution in [0.4, 0.5) is 17.2 Å². The summed E-state index contributed by atoms with van der Waals surface area (Å²) in [6.45, 7) is 5.04. The molecule has 6 aromatic rings. The Labute approximate surface area is 229 Å². The van der Waals surface area contributed by atoms with Gasteiger partial charge in [0.15, 0.2) is 0 Å². The lowest BCUT2D eigenvalue weighted by Crippen LogP contribution is -2.26. The Morgan fingerprint density at radius 1 is 0.692 bits per heavy atom. The van der Waals surface area contributed by atoms with Gasteiger partial charge in [0, 0.05) is 55.0 Å². The molecule has 0 aliphatic carbocycles. The van der Waals surface area contributed by atoms with Crippen molar-refractivity contribution in [3.8, 4) is 22.4 Å². The zero-order chi connectivity index (χ0) is 26.4. The Morgan fingerprint density at radius 3 is 2.13 bits per heavy atom. The van der Waals surface area contributed by atoms with Crippen LogP contribution in [0.3, 0.4) is 0 Å². The van der Waals surface area contributed by atoms with Crippen LogP contribution in [0.25, 0.3) is 33.2 Å². The maximum absolute atomic E-state index is 4.53. The first-order valence-electron chi connectivity index (χ1n) is 13.4. The molecule has 0 bridgehead atoms. The van der Waals surface area contributed by atoms with Gasteiger partial charge in [-0.3, -0.25) is 0 Å². The Bertz CT molecular complexity index is 1640. The second-order valence-corrected chi connectivity index (χ2v) is 9.61. The van der Waals surface area contributed by atoms with E-state index >= 15 is 0 Å². The monoisotopic (exact) mass is 509 g/mol. The Morgan fingerprint density at radius 2 is 1.38 bits per heavy atom. The van der Waals surface area contributed by atoms with Crippen molar-refractivity contribution in [2.45, 2.75) is 13.5 Å². The van der Waals surface area contributed by atoms with Crippen LogP contribution >= 0.6 is 0 Å². The van der Waals surface area contributed by atoms with E-state index in [1.165, 1.54) is 27.6 Å². The summed E-state index contributed by atoms with van der Waals surface area (Å²) in [6.07, 6.45) is 6.07. The van der Waals surface area contributed by atoms with Crippen molar-refractivity contribution in [3.63, 3.8) is 0 Å². The van der Waals surface area contributed by atoms with Crippen molar-refractivity contribution in [1.29, 1.82) is 0 Å². The van der Waals surface area contributed by atoms with Gasteiger partial charge in [-0.2, -0.15) is 0 Å². The van der Waals surface area contributed by atoms with Crippen LogP contribution in [-0.4, -0.2) is 27.6 Å². The molecule has 1 N–H and O–H groups in total. The minimum absolute atomic E-state index is 0.768. The van der Waals surface area contributed by atoms with E-state index in [2.05, 4.69) is 141 Å². The van der Waals surface area contributed by atoms with Crippen LogP contribution in [0.1, 0.15) is 6.92 Å². The molecule has 0 unspecified atom stereocenters. The molecule has 6 rings (SSSR count). The first kappa shape index (κ1) is 24.4. The summed E-state index contributed by atoms with van der Waals surface area (Å²) in [5.41, 5.74) is 6.51. The summed E-state index contributed by atoms with van der Waals surface area (Å²) >= 11 is 0. The SMILES string of the molecule is CCN(CCn1cc2ccccc2c1)c1ccc(Nc2cc(-c3cccc(-c4ccccc4)c3)ncn2)cc1. The average molecular weight is 510 g/mol. The van der Waals surface area contributed by atoms with E-state index in [4.69, 9.17) is 0 Å². The van der Waals surface area contributed by atoms with Crippen molar-refractivity contribution in [1.82, 2.24) is 14.5 Å². The van der Waals surface area contributed by atoms with Gasteiger partial charge in [-0.25, -0.2) is 9.97 Å². The van der Waals surface area contributed by atoms with Gasteiger partial charge in [-0.1, -0.05) is 72.8 Å². The number of fused-ring (bicyclic) bond motifs is 1. The quantitative estimate of drug-likeness (QED) is 0.214. The van der Waals surface area contributed by atoms with E-state index in [1.807, 2.05) is 12.1 Å². The molecule has 0 amide bonds. The largest absolute Gasteiger partial charge is 0.370 e. The van der Waals surface area contributed by atoms with E-state index < -0.39 is 0 Å².